The number of Topliss-reactive ketones (excluding diaryl/α,β-unsaturated/α-hetero) is 1. The quantitative estimate of drug-likeness (QED) is 0.244. The van der Waals surface area contributed by atoms with Gasteiger partial charge in [-0.1, -0.05) is 12.1 Å². The summed E-state index contributed by atoms with van der Waals surface area (Å²) in [5.74, 6) is -4.24. The zero-order valence-electron chi connectivity index (χ0n) is 13.2. The number of amides is 2. The molecule has 134 valence electrons. The van der Waals surface area contributed by atoms with Gasteiger partial charge in [-0.15, -0.1) is 0 Å². The van der Waals surface area contributed by atoms with E-state index in [1.807, 2.05) is 0 Å². The number of benzene rings is 1. The standard InChI is InChI=1S/C16H18N2O7/c19-9-13(21)16(25)18-11(8-15(23)24)7-14(22)17-6-5-10-1-3-12(20)4-2-10/h1-4,9,11,20H,5-8H2,(H,17,22)(H,18,25)(H,23,24). The molecule has 0 bridgehead atoms. The van der Waals surface area contributed by atoms with Gasteiger partial charge >= 0.3 is 5.97 Å². The van der Waals surface area contributed by atoms with Crippen molar-refractivity contribution in [2.45, 2.75) is 25.3 Å². The molecule has 1 rings (SSSR count). The first kappa shape index (κ1) is 19.8. The number of aliphatic carboxylic acids is 1. The predicted molar refractivity (Wildman–Crippen MR) is 84.7 cm³/mol. The van der Waals surface area contributed by atoms with Gasteiger partial charge in [0.25, 0.3) is 11.7 Å². The van der Waals surface area contributed by atoms with Gasteiger partial charge in [0.15, 0.2) is 6.29 Å². The lowest BCUT2D eigenvalue weighted by atomic mass is 10.1. The van der Waals surface area contributed by atoms with Crippen LogP contribution in [-0.4, -0.2) is 52.7 Å². The highest BCUT2D eigenvalue weighted by atomic mass is 16.4. The summed E-state index contributed by atoms with van der Waals surface area (Å²) in [5.41, 5.74) is 0.880. The number of phenols is 1. The van der Waals surface area contributed by atoms with Crippen LogP contribution in [-0.2, 0) is 30.4 Å². The molecule has 0 saturated carbocycles. The van der Waals surface area contributed by atoms with Crippen LogP contribution in [0.25, 0.3) is 0 Å². The highest BCUT2D eigenvalue weighted by Crippen LogP contribution is 2.09. The second-order valence-corrected chi connectivity index (χ2v) is 5.22. The molecule has 0 fully saturated rings. The molecule has 25 heavy (non-hydrogen) atoms. The molecule has 1 aromatic rings. The second kappa shape index (κ2) is 9.81. The Labute approximate surface area is 143 Å². The van der Waals surface area contributed by atoms with Gasteiger partial charge in [-0.3, -0.25) is 24.0 Å². The predicted octanol–water partition coefficient (Wildman–Crippen LogP) is -0.831. The average molecular weight is 350 g/mol. The third-order valence-electron chi connectivity index (χ3n) is 3.19. The summed E-state index contributed by atoms with van der Waals surface area (Å²) in [5, 5.41) is 22.6. The number of carbonyl (C=O) groups excluding carboxylic acids is 4. The summed E-state index contributed by atoms with van der Waals surface area (Å²) in [4.78, 5) is 55.1. The van der Waals surface area contributed by atoms with E-state index in [1.54, 1.807) is 12.1 Å². The first-order valence-electron chi connectivity index (χ1n) is 7.38. The van der Waals surface area contributed by atoms with Gasteiger partial charge in [0.2, 0.25) is 5.91 Å². The Bertz CT molecular complexity index is 655. The molecule has 0 aliphatic heterocycles. The summed E-state index contributed by atoms with van der Waals surface area (Å²) < 4.78 is 0. The number of hydrogen-bond acceptors (Lipinski definition) is 6. The number of phenolic OH excluding ortho intramolecular Hbond substituents is 1. The number of ketones is 1. The maximum absolute atomic E-state index is 11.9. The molecule has 1 atom stereocenters. The third-order valence-corrected chi connectivity index (χ3v) is 3.19. The van der Waals surface area contributed by atoms with Crippen molar-refractivity contribution in [3.8, 4) is 5.75 Å². The number of aromatic hydroxyl groups is 1. The molecule has 0 aliphatic carbocycles. The summed E-state index contributed by atoms with van der Waals surface area (Å²) >= 11 is 0. The van der Waals surface area contributed by atoms with E-state index in [2.05, 4.69) is 10.6 Å². The molecule has 0 spiro atoms. The van der Waals surface area contributed by atoms with Gasteiger partial charge in [0.05, 0.1) is 6.42 Å². The molecule has 4 N–H and O–H groups in total. The third kappa shape index (κ3) is 7.73. The van der Waals surface area contributed by atoms with Crippen molar-refractivity contribution < 1.29 is 34.2 Å². The fourth-order valence-electron chi connectivity index (χ4n) is 2.00. The van der Waals surface area contributed by atoms with Crippen LogP contribution in [0.5, 0.6) is 5.75 Å². The highest BCUT2D eigenvalue weighted by molar-refractivity contribution is 6.57. The van der Waals surface area contributed by atoms with Crippen molar-refractivity contribution >= 4 is 29.9 Å². The smallest absolute Gasteiger partial charge is 0.305 e. The SMILES string of the molecule is O=CC(=O)C(=O)NC(CC(=O)O)CC(=O)NCCc1ccc(O)cc1. The molecule has 1 aromatic carbocycles. The molecule has 9 nitrogen and oxygen atoms in total. The van der Waals surface area contributed by atoms with Crippen LogP contribution in [0.4, 0.5) is 0 Å². The van der Waals surface area contributed by atoms with Crippen LogP contribution >= 0.6 is 0 Å². The topological polar surface area (TPSA) is 150 Å². The minimum atomic E-state index is -1.34. The van der Waals surface area contributed by atoms with Gasteiger partial charge in [0.1, 0.15) is 5.75 Å². The maximum atomic E-state index is 11.9. The Morgan fingerprint density at radius 3 is 2.28 bits per heavy atom. The van der Waals surface area contributed by atoms with E-state index in [9.17, 15) is 29.1 Å². The number of carboxylic acids is 1. The van der Waals surface area contributed by atoms with Gasteiger partial charge in [0, 0.05) is 19.0 Å². The van der Waals surface area contributed by atoms with Crippen molar-refractivity contribution in [3.63, 3.8) is 0 Å². The van der Waals surface area contributed by atoms with E-state index in [4.69, 9.17) is 5.11 Å². The number of nitrogens with one attached hydrogen (secondary N) is 2. The zero-order chi connectivity index (χ0) is 18.8. The first-order valence-corrected chi connectivity index (χ1v) is 7.38. The molecule has 0 radical (unpaired) electrons. The van der Waals surface area contributed by atoms with Crippen molar-refractivity contribution in [2.24, 2.45) is 0 Å². The van der Waals surface area contributed by atoms with E-state index in [-0.39, 0.29) is 25.0 Å². The van der Waals surface area contributed by atoms with Gasteiger partial charge in [-0.05, 0) is 24.1 Å². The van der Waals surface area contributed by atoms with E-state index in [0.29, 0.717) is 6.42 Å². The molecule has 0 aliphatic rings. The van der Waals surface area contributed by atoms with E-state index < -0.39 is 36.0 Å². The van der Waals surface area contributed by atoms with Crippen LogP contribution in [0.2, 0.25) is 0 Å². The average Bonchev–Trinajstić information content (AvgIpc) is 2.55. The molecule has 0 aromatic heterocycles. The fourth-order valence-corrected chi connectivity index (χ4v) is 2.00. The molecular formula is C16H18N2O7. The van der Waals surface area contributed by atoms with Gasteiger partial charge in [-0.25, -0.2) is 0 Å². The molecular weight excluding hydrogens is 332 g/mol. The van der Waals surface area contributed by atoms with E-state index in [0.717, 1.165) is 5.56 Å². The van der Waals surface area contributed by atoms with Crippen molar-refractivity contribution in [1.29, 1.82) is 0 Å². The summed E-state index contributed by atoms with van der Waals surface area (Å²) in [6.07, 6.45) is -0.612. The first-order chi connectivity index (χ1) is 11.8. The van der Waals surface area contributed by atoms with Crippen LogP contribution < -0.4 is 10.6 Å². The Morgan fingerprint density at radius 2 is 1.72 bits per heavy atom. The lowest BCUT2D eigenvalue weighted by Gasteiger charge is -2.15. The number of hydrogen-bond donors (Lipinski definition) is 4. The number of carbonyl (C=O) groups is 5. The molecule has 2 amide bonds. The highest BCUT2D eigenvalue weighted by Gasteiger charge is 2.22. The molecule has 9 heteroatoms. The Balaban J connectivity index is 2.49. The Morgan fingerprint density at radius 1 is 1.08 bits per heavy atom. The molecule has 0 saturated heterocycles. The number of carboxylic acid groups (broad SMARTS) is 1. The van der Waals surface area contributed by atoms with Gasteiger partial charge < -0.3 is 20.8 Å². The van der Waals surface area contributed by atoms with Crippen LogP contribution in [0.15, 0.2) is 24.3 Å². The van der Waals surface area contributed by atoms with Crippen molar-refractivity contribution in [1.82, 2.24) is 10.6 Å². The van der Waals surface area contributed by atoms with Crippen LogP contribution in [0, 0.1) is 0 Å². The summed E-state index contributed by atoms with van der Waals surface area (Å²) in [7, 11) is 0. The summed E-state index contributed by atoms with van der Waals surface area (Å²) in [6, 6.07) is 5.31. The Kier molecular flexibility index (Phi) is 7.77. The van der Waals surface area contributed by atoms with Crippen LogP contribution in [0.1, 0.15) is 18.4 Å². The van der Waals surface area contributed by atoms with E-state index >= 15 is 0 Å². The zero-order valence-corrected chi connectivity index (χ0v) is 13.2. The monoisotopic (exact) mass is 350 g/mol. The van der Waals surface area contributed by atoms with Crippen molar-refractivity contribution in [3.05, 3.63) is 29.8 Å². The lowest BCUT2D eigenvalue weighted by molar-refractivity contribution is -0.142. The largest absolute Gasteiger partial charge is 0.508 e. The lowest BCUT2D eigenvalue weighted by Crippen LogP contribution is -2.43. The Hall–Kier alpha value is -3.23. The number of rotatable bonds is 10. The minimum Gasteiger partial charge on any atom is -0.508 e. The fraction of sp³-hybridized carbons (Fsp3) is 0.312. The minimum absolute atomic E-state index is 0.130. The second-order valence-electron chi connectivity index (χ2n) is 5.22. The maximum Gasteiger partial charge on any atom is 0.305 e. The summed E-state index contributed by atoms with van der Waals surface area (Å²) in [6.45, 7) is 0.268. The van der Waals surface area contributed by atoms with E-state index in [1.165, 1.54) is 12.1 Å². The number of aldehydes is 1. The molecule has 1 unspecified atom stereocenters. The normalized spacial score (nSPS) is 11.2. The van der Waals surface area contributed by atoms with Gasteiger partial charge in [-0.2, -0.15) is 0 Å². The van der Waals surface area contributed by atoms with Crippen molar-refractivity contribution in [2.75, 3.05) is 6.54 Å². The molecule has 0 heterocycles. The van der Waals surface area contributed by atoms with Crippen LogP contribution in [0.3, 0.4) is 0 Å².